The van der Waals surface area contributed by atoms with Crippen LogP contribution in [0.1, 0.15) is 85.5 Å². The van der Waals surface area contributed by atoms with Crippen molar-refractivity contribution in [2.45, 2.75) is 103 Å². The molecule has 0 bridgehead atoms. The normalized spacial score (nSPS) is 34.5. The van der Waals surface area contributed by atoms with Crippen LogP contribution < -0.4 is 5.19 Å². The van der Waals surface area contributed by atoms with Crippen molar-refractivity contribution in [3.63, 3.8) is 0 Å². The molecular formula is C22H38OSi. The number of rotatable bonds is 6. The van der Waals surface area contributed by atoms with Crippen molar-refractivity contribution in [1.82, 2.24) is 0 Å². The Labute approximate surface area is 151 Å². The summed E-state index contributed by atoms with van der Waals surface area (Å²) < 4.78 is 7.24. The summed E-state index contributed by atoms with van der Waals surface area (Å²) in [5.74, 6) is 0. The third-order valence-corrected chi connectivity index (χ3v) is 11.6. The monoisotopic (exact) mass is 346 g/mol. The standard InChI is InChI=1S/C22H38OSi/c1-6-8-18-22(4)19-13-12-17-21(3,16-7-2)23-24(22,5)20-14-10-9-11-15-20/h9-11,14-15H,6-8,12-13,16-19H2,1-5H3. The first-order valence-electron chi connectivity index (χ1n) is 10.1. The van der Waals surface area contributed by atoms with E-state index in [1.54, 1.807) is 0 Å². The fourth-order valence-corrected chi connectivity index (χ4v) is 9.11. The van der Waals surface area contributed by atoms with Crippen LogP contribution in [0.25, 0.3) is 0 Å². The number of benzene rings is 1. The molecule has 2 heteroatoms. The molecule has 0 N–H and O–H groups in total. The molecule has 136 valence electrons. The highest BCUT2D eigenvalue weighted by atomic mass is 28.4. The largest absolute Gasteiger partial charge is 0.407 e. The van der Waals surface area contributed by atoms with Crippen LogP contribution in [0.15, 0.2) is 30.3 Å². The summed E-state index contributed by atoms with van der Waals surface area (Å²) in [5, 5.41) is 1.83. The summed E-state index contributed by atoms with van der Waals surface area (Å²) in [5.41, 5.74) is 0.0550. The molecule has 1 aromatic carbocycles. The van der Waals surface area contributed by atoms with Gasteiger partial charge in [-0.3, -0.25) is 0 Å². The van der Waals surface area contributed by atoms with Gasteiger partial charge in [-0.1, -0.05) is 83.2 Å². The van der Waals surface area contributed by atoms with Crippen molar-refractivity contribution in [3.8, 4) is 0 Å². The minimum atomic E-state index is -2.06. The zero-order valence-corrected chi connectivity index (χ0v) is 17.7. The summed E-state index contributed by atoms with van der Waals surface area (Å²) in [6.07, 6.45) is 11.5. The summed E-state index contributed by atoms with van der Waals surface area (Å²) in [4.78, 5) is 0. The van der Waals surface area contributed by atoms with E-state index in [0.29, 0.717) is 5.04 Å². The van der Waals surface area contributed by atoms with E-state index in [1.807, 2.05) is 0 Å². The second kappa shape index (κ2) is 8.18. The van der Waals surface area contributed by atoms with Crippen molar-refractivity contribution in [2.75, 3.05) is 0 Å². The summed E-state index contributed by atoms with van der Waals surface area (Å²) in [7, 11) is -2.06. The maximum Gasteiger partial charge on any atom is 0.227 e. The summed E-state index contributed by atoms with van der Waals surface area (Å²) >= 11 is 0. The third-order valence-electron chi connectivity index (χ3n) is 6.47. The number of hydrogen-bond acceptors (Lipinski definition) is 1. The van der Waals surface area contributed by atoms with E-state index >= 15 is 0 Å². The lowest BCUT2D eigenvalue weighted by molar-refractivity contribution is 0.0429. The van der Waals surface area contributed by atoms with Gasteiger partial charge in [-0.2, -0.15) is 0 Å². The Bertz CT molecular complexity index is 498. The minimum absolute atomic E-state index is 0.0550. The smallest absolute Gasteiger partial charge is 0.227 e. The Balaban J connectivity index is 2.47. The molecule has 1 saturated heterocycles. The third kappa shape index (κ3) is 4.14. The molecule has 3 atom stereocenters. The molecule has 1 aliphatic rings. The molecule has 1 aliphatic heterocycles. The molecule has 0 aromatic heterocycles. The maximum atomic E-state index is 7.24. The Kier molecular flexibility index (Phi) is 6.72. The SMILES string of the molecule is CCCCC1(C)CCCCC(C)(CCC)O[Si]1(C)c1ccccc1. The zero-order valence-electron chi connectivity index (χ0n) is 16.7. The van der Waals surface area contributed by atoms with Crippen molar-refractivity contribution in [3.05, 3.63) is 30.3 Å². The zero-order chi connectivity index (χ0) is 17.7. The molecule has 1 nitrogen and oxygen atoms in total. The van der Waals surface area contributed by atoms with Crippen LogP contribution in [0.4, 0.5) is 0 Å². The lowest BCUT2D eigenvalue weighted by atomic mass is 9.90. The maximum absolute atomic E-state index is 7.24. The Hall–Kier alpha value is -0.603. The van der Waals surface area contributed by atoms with E-state index in [4.69, 9.17) is 4.43 Å². The molecule has 0 radical (unpaired) electrons. The van der Waals surface area contributed by atoms with E-state index in [0.717, 1.165) is 0 Å². The quantitative estimate of drug-likeness (QED) is 0.529. The van der Waals surface area contributed by atoms with Gasteiger partial charge in [0.1, 0.15) is 0 Å². The molecule has 0 amide bonds. The van der Waals surface area contributed by atoms with E-state index < -0.39 is 8.32 Å². The van der Waals surface area contributed by atoms with Gasteiger partial charge >= 0.3 is 0 Å². The molecule has 1 fully saturated rings. The predicted octanol–water partition coefficient (Wildman–Crippen LogP) is 6.57. The molecule has 0 saturated carbocycles. The first-order chi connectivity index (χ1) is 11.4. The van der Waals surface area contributed by atoms with Crippen molar-refractivity contribution in [1.29, 1.82) is 0 Å². The highest BCUT2D eigenvalue weighted by Gasteiger charge is 2.52. The van der Waals surface area contributed by atoms with E-state index in [-0.39, 0.29) is 5.60 Å². The van der Waals surface area contributed by atoms with Gasteiger partial charge in [-0.25, -0.2) is 0 Å². The van der Waals surface area contributed by atoms with Gasteiger partial charge in [0, 0.05) is 0 Å². The van der Waals surface area contributed by atoms with Crippen LogP contribution in [-0.2, 0) is 4.43 Å². The van der Waals surface area contributed by atoms with Crippen LogP contribution in [0.5, 0.6) is 0 Å². The first-order valence-corrected chi connectivity index (χ1v) is 12.6. The van der Waals surface area contributed by atoms with Crippen molar-refractivity contribution < 1.29 is 4.43 Å². The van der Waals surface area contributed by atoms with Gasteiger partial charge < -0.3 is 4.43 Å². The van der Waals surface area contributed by atoms with Crippen LogP contribution in [-0.4, -0.2) is 13.9 Å². The van der Waals surface area contributed by atoms with Crippen LogP contribution in [0.2, 0.25) is 11.6 Å². The molecule has 3 unspecified atom stereocenters. The first kappa shape index (κ1) is 19.7. The Morgan fingerprint density at radius 2 is 1.62 bits per heavy atom. The average molecular weight is 347 g/mol. The van der Waals surface area contributed by atoms with Crippen molar-refractivity contribution in [2.24, 2.45) is 0 Å². The molecule has 24 heavy (non-hydrogen) atoms. The van der Waals surface area contributed by atoms with Crippen LogP contribution in [0, 0.1) is 0 Å². The summed E-state index contributed by atoms with van der Waals surface area (Å²) in [6.45, 7) is 12.0. The molecule has 1 aromatic rings. The van der Waals surface area contributed by atoms with Crippen LogP contribution in [0.3, 0.4) is 0 Å². The lowest BCUT2D eigenvalue weighted by Gasteiger charge is -2.51. The Morgan fingerprint density at radius 3 is 2.25 bits per heavy atom. The highest BCUT2D eigenvalue weighted by Crippen LogP contribution is 2.51. The molecule has 1 heterocycles. The second-order valence-corrected chi connectivity index (χ2v) is 12.6. The molecule has 0 aliphatic carbocycles. The topological polar surface area (TPSA) is 9.23 Å². The molecular weight excluding hydrogens is 308 g/mol. The fourth-order valence-electron chi connectivity index (χ4n) is 4.72. The second-order valence-electron chi connectivity index (χ2n) is 8.57. The van der Waals surface area contributed by atoms with Crippen molar-refractivity contribution >= 4 is 13.5 Å². The van der Waals surface area contributed by atoms with Crippen LogP contribution >= 0.6 is 0 Å². The Morgan fingerprint density at radius 1 is 0.958 bits per heavy atom. The predicted molar refractivity (Wildman–Crippen MR) is 108 cm³/mol. The summed E-state index contributed by atoms with van der Waals surface area (Å²) in [6, 6.07) is 11.2. The number of hydrogen-bond donors (Lipinski definition) is 0. The lowest BCUT2D eigenvalue weighted by Crippen LogP contribution is -2.61. The van der Waals surface area contributed by atoms with Gasteiger partial charge in [0.05, 0.1) is 5.60 Å². The van der Waals surface area contributed by atoms with Gasteiger partial charge in [0.2, 0.25) is 8.32 Å². The van der Waals surface area contributed by atoms with Gasteiger partial charge in [0.15, 0.2) is 0 Å². The van der Waals surface area contributed by atoms with Gasteiger partial charge in [-0.05, 0) is 49.4 Å². The van der Waals surface area contributed by atoms with E-state index in [1.165, 1.54) is 63.0 Å². The van der Waals surface area contributed by atoms with Gasteiger partial charge in [0.25, 0.3) is 0 Å². The average Bonchev–Trinajstić information content (AvgIpc) is 2.57. The minimum Gasteiger partial charge on any atom is -0.407 e. The highest BCUT2D eigenvalue weighted by molar-refractivity contribution is 6.88. The number of unbranched alkanes of at least 4 members (excludes halogenated alkanes) is 1. The van der Waals surface area contributed by atoms with E-state index in [2.05, 4.69) is 64.6 Å². The van der Waals surface area contributed by atoms with Gasteiger partial charge in [-0.15, -0.1) is 0 Å². The van der Waals surface area contributed by atoms with E-state index in [9.17, 15) is 0 Å². The molecule has 0 spiro atoms. The molecule has 2 rings (SSSR count). The fraction of sp³-hybridized carbons (Fsp3) is 0.727.